The quantitative estimate of drug-likeness (QED) is 0.0222. The van der Waals surface area contributed by atoms with Gasteiger partial charge >= 0.3 is 39.5 Å². The zero-order chi connectivity index (χ0) is 54.8. The van der Waals surface area contributed by atoms with E-state index < -0.39 is 97.5 Å². The summed E-state index contributed by atoms with van der Waals surface area (Å²) in [6.45, 7) is 4.67. The molecule has 0 fully saturated rings. The molecule has 0 heterocycles. The SMILES string of the molecule is CCCCCCCCCCCCCC(=O)OC[C@H](COP(=O)(O)OC[C@@H](O)COP(=O)(O)OC[C@@H](COC(=O)CCCCCC)OC(=O)CCCCCCCCCC)OC(=O)CCCCCCCCCCCCC. The first kappa shape index (κ1) is 72.1. The van der Waals surface area contributed by atoms with Crippen molar-refractivity contribution < 1.29 is 80.2 Å². The number of carbonyl (C=O) groups is 4. The van der Waals surface area contributed by atoms with E-state index in [0.717, 1.165) is 96.3 Å². The van der Waals surface area contributed by atoms with Gasteiger partial charge in [0.25, 0.3) is 0 Å². The Labute approximate surface area is 447 Å². The van der Waals surface area contributed by atoms with Crippen molar-refractivity contribution in [3.8, 4) is 0 Å². The summed E-state index contributed by atoms with van der Waals surface area (Å²) >= 11 is 0. The van der Waals surface area contributed by atoms with Crippen LogP contribution in [-0.4, -0.2) is 96.7 Å². The first-order valence-corrected chi connectivity index (χ1v) is 32.3. The van der Waals surface area contributed by atoms with Gasteiger partial charge in [0.2, 0.25) is 0 Å². The molecule has 74 heavy (non-hydrogen) atoms. The van der Waals surface area contributed by atoms with Crippen molar-refractivity contribution in [3.63, 3.8) is 0 Å². The van der Waals surface area contributed by atoms with Gasteiger partial charge in [-0.3, -0.25) is 37.3 Å². The van der Waals surface area contributed by atoms with Gasteiger partial charge in [-0.1, -0.05) is 220 Å². The van der Waals surface area contributed by atoms with Gasteiger partial charge in [0, 0.05) is 25.7 Å². The van der Waals surface area contributed by atoms with Crippen molar-refractivity contribution in [2.45, 2.75) is 290 Å². The summed E-state index contributed by atoms with van der Waals surface area (Å²) in [4.78, 5) is 71.3. The molecule has 0 aliphatic rings. The van der Waals surface area contributed by atoms with Gasteiger partial charge in [0.05, 0.1) is 26.4 Å². The number of phosphoric acid groups is 2. The van der Waals surface area contributed by atoms with Crippen LogP contribution in [0.15, 0.2) is 0 Å². The van der Waals surface area contributed by atoms with E-state index in [0.29, 0.717) is 25.7 Å². The lowest BCUT2D eigenvalue weighted by molar-refractivity contribution is -0.161. The lowest BCUT2D eigenvalue weighted by Gasteiger charge is -2.21. The third kappa shape index (κ3) is 49.6. The van der Waals surface area contributed by atoms with Crippen molar-refractivity contribution in [2.24, 2.45) is 0 Å². The lowest BCUT2D eigenvalue weighted by Crippen LogP contribution is -2.30. The zero-order valence-electron chi connectivity index (χ0n) is 46.8. The molecule has 2 unspecified atom stereocenters. The highest BCUT2D eigenvalue weighted by Crippen LogP contribution is 2.45. The Bertz CT molecular complexity index is 1450. The van der Waals surface area contributed by atoms with Crippen LogP contribution >= 0.6 is 15.6 Å². The molecule has 0 bridgehead atoms. The van der Waals surface area contributed by atoms with E-state index in [4.69, 9.17) is 37.0 Å². The Balaban J connectivity index is 5.15. The highest BCUT2D eigenvalue weighted by molar-refractivity contribution is 7.47. The second-order valence-electron chi connectivity index (χ2n) is 20.0. The molecular formula is C55H106O17P2. The van der Waals surface area contributed by atoms with Gasteiger partial charge in [-0.15, -0.1) is 0 Å². The van der Waals surface area contributed by atoms with Gasteiger partial charge in [0.15, 0.2) is 12.2 Å². The first-order chi connectivity index (χ1) is 35.7. The Kier molecular flexibility index (Phi) is 49.2. The van der Waals surface area contributed by atoms with Crippen molar-refractivity contribution in [2.75, 3.05) is 39.6 Å². The average molecular weight is 1100 g/mol. The Hall–Kier alpha value is -1.94. The minimum atomic E-state index is -4.93. The number of hydrogen-bond donors (Lipinski definition) is 3. The molecule has 3 N–H and O–H groups in total. The number of ether oxygens (including phenoxy) is 4. The third-order valence-corrected chi connectivity index (χ3v) is 14.5. The largest absolute Gasteiger partial charge is 0.472 e. The summed E-state index contributed by atoms with van der Waals surface area (Å²) in [6, 6.07) is 0. The fourth-order valence-corrected chi connectivity index (χ4v) is 9.62. The molecule has 0 rings (SSSR count). The molecule has 0 radical (unpaired) electrons. The van der Waals surface area contributed by atoms with E-state index in [1.165, 1.54) is 96.3 Å². The molecule has 0 saturated carbocycles. The fraction of sp³-hybridized carbons (Fsp3) is 0.927. The van der Waals surface area contributed by atoms with Crippen LogP contribution in [0.5, 0.6) is 0 Å². The molecule has 19 heteroatoms. The fourth-order valence-electron chi connectivity index (χ4n) is 8.04. The number of phosphoric ester groups is 2. The van der Waals surface area contributed by atoms with Crippen molar-refractivity contribution in [1.82, 2.24) is 0 Å². The average Bonchev–Trinajstić information content (AvgIpc) is 3.37. The molecule has 438 valence electrons. The summed E-state index contributed by atoms with van der Waals surface area (Å²) in [5.74, 6) is -2.16. The molecule has 0 saturated heterocycles. The topological polar surface area (TPSA) is 237 Å². The van der Waals surface area contributed by atoms with Crippen LogP contribution in [-0.2, 0) is 65.4 Å². The van der Waals surface area contributed by atoms with Crippen LogP contribution in [0, 0.1) is 0 Å². The molecule has 17 nitrogen and oxygen atoms in total. The van der Waals surface area contributed by atoms with Gasteiger partial charge in [-0.25, -0.2) is 9.13 Å². The Morgan fingerprint density at radius 3 is 0.811 bits per heavy atom. The molecule has 0 aromatic heterocycles. The monoisotopic (exact) mass is 1100 g/mol. The van der Waals surface area contributed by atoms with Gasteiger partial charge < -0.3 is 33.8 Å². The van der Waals surface area contributed by atoms with Crippen LogP contribution < -0.4 is 0 Å². The van der Waals surface area contributed by atoms with E-state index in [1.54, 1.807) is 0 Å². The van der Waals surface area contributed by atoms with E-state index in [9.17, 15) is 43.2 Å². The van der Waals surface area contributed by atoms with E-state index in [-0.39, 0.29) is 25.7 Å². The van der Waals surface area contributed by atoms with E-state index >= 15 is 0 Å². The summed E-state index contributed by atoms with van der Waals surface area (Å²) in [5, 5.41) is 10.4. The summed E-state index contributed by atoms with van der Waals surface area (Å²) in [5.41, 5.74) is 0. The zero-order valence-corrected chi connectivity index (χ0v) is 48.6. The summed E-state index contributed by atoms with van der Waals surface area (Å²) in [7, 11) is -9.85. The Morgan fingerprint density at radius 2 is 0.541 bits per heavy atom. The smallest absolute Gasteiger partial charge is 0.462 e. The minimum Gasteiger partial charge on any atom is -0.462 e. The second kappa shape index (κ2) is 50.6. The molecule has 0 amide bonds. The number of carbonyl (C=O) groups excluding carboxylic acids is 4. The van der Waals surface area contributed by atoms with E-state index in [2.05, 4.69) is 20.8 Å². The molecule has 0 spiro atoms. The van der Waals surface area contributed by atoms with Crippen LogP contribution in [0.4, 0.5) is 0 Å². The molecular weight excluding hydrogens is 995 g/mol. The molecule has 0 aliphatic heterocycles. The highest BCUT2D eigenvalue weighted by Gasteiger charge is 2.30. The van der Waals surface area contributed by atoms with Crippen molar-refractivity contribution in [1.29, 1.82) is 0 Å². The maximum absolute atomic E-state index is 12.9. The molecule has 0 aromatic rings. The standard InChI is InChI=1S/C55H106O17P2/c1-5-9-13-17-20-23-25-27-30-32-36-40-53(58)66-46-51(72-55(60)42-38-34-31-28-26-24-21-18-14-10-6-2)48-70-74(63,64)68-44-49(56)43-67-73(61,62)69-47-50(45-65-52(57)39-35-16-12-8-4)71-54(59)41-37-33-29-22-19-15-11-7-3/h49-51,56H,5-48H2,1-4H3,(H,61,62)(H,63,64)/t49-,50+,51+/m0/s1. The van der Waals surface area contributed by atoms with Crippen LogP contribution in [0.1, 0.15) is 272 Å². The lowest BCUT2D eigenvalue weighted by atomic mass is 10.1. The maximum atomic E-state index is 12.9. The van der Waals surface area contributed by atoms with Crippen molar-refractivity contribution >= 4 is 39.5 Å². The number of esters is 4. The van der Waals surface area contributed by atoms with Crippen LogP contribution in [0.2, 0.25) is 0 Å². The normalized spacial score (nSPS) is 14.4. The van der Waals surface area contributed by atoms with Crippen LogP contribution in [0.3, 0.4) is 0 Å². The van der Waals surface area contributed by atoms with Gasteiger partial charge in [-0.2, -0.15) is 0 Å². The number of hydrogen-bond acceptors (Lipinski definition) is 15. The summed E-state index contributed by atoms with van der Waals surface area (Å²) < 4.78 is 67.3. The first-order valence-electron chi connectivity index (χ1n) is 29.3. The minimum absolute atomic E-state index is 0.104. The third-order valence-electron chi connectivity index (χ3n) is 12.6. The predicted octanol–water partition coefficient (Wildman–Crippen LogP) is 14.4. The number of aliphatic hydroxyl groups is 1. The maximum Gasteiger partial charge on any atom is 0.472 e. The predicted molar refractivity (Wildman–Crippen MR) is 289 cm³/mol. The Morgan fingerprint density at radius 1 is 0.324 bits per heavy atom. The number of aliphatic hydroxyl groups excluding tert-OH is 1. The highest BCUT2D eigenvalue weighted by atomic mass is 31.2. The number of rotatable bonds is 56. The van der Waals surface area contributed by atoms with E-state index in [1.807, 2.05) is 6.92 Å². The summed E-state index contributed by atoms with van der Waals surface area (Å²) in [6.07, 6.45) is 32.6. The molecule has 5 atom stereocenters. The van der Waals surface area contributed by atoms with Crippen molar-refractivity contribution in [3.05, 3.63) is 0 Å². The van der Waals surface area contributed by atoms with Gasteiger partial charge in [0.1, 0.15) is 19.3 Å². The van der Waals surface area contributed by atoms with Crippen LogP contribution in [0.25, 0.3) is 0 Å². The van der Waals surface area contributed by atoms with Gasteiger partial charge in [-0.05, 0) is 25.7 Å². The molecule has 0 aliphatic carbocycles. The molecule has 0 aromatic carbocycles. The second-order valence-corrected chi connectivity index (χ2v) is 22.9. The number of unbranched alkanes of at least 4 members (excludes halogenated alkanes) is 30.